The van der Waals surface area contributed by atoms with Gasteiger partial charge in [-0.2, -0.15) is 0 Å². The summed E-state index contributed by atoms with van der Waals surface area (Å²) in [5.74, 6) is 1.68. The van der Waals surface area contributed by atoms with Crippen LogP contribution < -0.4 is 15.4 Å². The number of carbonyl (C=O) groups is 2. The Kier molecular flexibility index (Phi) is 8.85. The normalized spacial score (nSPS) is 20.9. The van der Waals surface area contributed by atoms with Crippen molar-refractivity contribution in [2.45, 2.75) is 65.0 Å². The fraction of sp³-hybridized carbons (Fsp3) is 0.469. The van der Waals surface area contributed by atoms with Crippen LogP contribution in [0.2, 0.25) is 0 Å². The Bertz CT molecular complexity index is 1290. The predicted molar refractivity (Wildman–Crippen MR) is 155 cm³/mol. The zero-order chi connectivity index (χ0) is 28.0. The predicted octanol–water partition coefficient (Wildman–Crippen LogP) is 4.19. The van der Waals surface area contributed by atoms with E-state index in [2.05, 4.69) is 55.4 Å². The second kappa shape index (κ2) is 12.7. The van der Waals surface area contributed by atoms with Crippen molar-refractivity contribution in [2.75, 3.05) is 26.2 Å². The summed E-state index contributed by atoms with van der Waals surface area (Å²) in [6, 6.07) is 16.2. The van der Waals surface area contributed by atoms with Crippen molar-refractivity contribution in [1.82, 2.24) is 25.1 Å². The van der Waals surface area contributed by atoms with E-state index in [-0.39, 0.29) is 11.8 Å². The number of benzene rings is 2. The van der Waals surface area contributed by atoms with Gasteiger partial charge in [-0.15, -0.1) is 0 Å². The van der Waals surface area contributed by atoms with Crippen molar-refractivity contribution >= 4 is 11.8 Å². The van der Waals surface area contributed by atoms with E-state index in [0.717, 1.165) is 75.4 Å². The molecule has 3 heterocycles. The molecular weight excluding hydrogens is 502 g/mol. The van der Waals surface area contributed by atoms with E-state index in [0.29, 0.717) is 13.2 Å². The molecule has 3 aromatic rings. The number of hydrogen-bond acceptors (Lipinski definition) is 5. The minimum atomic E-state index is -0.586. The van der Waals surface area contributed by atoms with Crippen molar-refractivity contribution in [3.63, 3.8) is 0 Å². The maximum atomic E-state index is 13.7. The molecule has 1 aromatic heterocycles. The molecule has 1 atom stereocenters. The molecular formula is C32H41N5O3. The number of aryl methyl sites for hydroxylation is 2. The number of rotatable bonds is 3. The first-order valence-corrected chi connectivity index (χ1v) is 14.5. The van der Waals surface area contributed by atoms with Crippen molar-refractivity contribution < 1.29 is 14.3 Å². The van der Waals surface area contributed by atoms with Gasteiger partial charge in [0, 0.05) is 24.6 Å². The van der Waals surface area contributed by atoms with Crippen LogP contribution in [-0.2, 0) is 22.6 Å². The van der Waals surface area contributed by atoms with Crippen molar-refractivity contribution in [2.24, 2.45) is 5.41 Å². The van der Waals surface area contributed by atoms with Crippen LogP contribution in [0.15, 0.2) is 60.9 Å². The standard InChI is InChI=1S/C32H41N5O3/c1-24-30(38)34-18-22-40-29-9-4-3-7-27(29)8-5-6-14-32(31(39)35-24)15-19-36(20-16-32)23-26-10-12-28(13-11-26)37-21-17-33-25(37)2/h3-4,7,9-13,17,21,24H,5-6,8,14-16,18-20,22-23H2,1-2H3,(H,34,38)(H,35,39)/t24-/m0/s1. The summed E-state index contributed by atoms with van der Waals surface area (Å²) in [5, 5.41) is 5.95. The number of nitrogens with zero attached hydrogens (tertiary/aromatic N) is 3. The summed E-state index contributed by atoms with van der Waals surface area (Å²) in [6.45, 7) is 7.13. The molecule has 0 saturated carbocycles. The highest BCUT2D eigenvalue weighted by Gasteiger charge is 2.41. The first kappa shape index (κ1) is 27.9. The van der Waals surface area contributed by atoms with Gasteiger partial charge in [-0.1, -0.05) is 36.8 Å². The van der Waals surface area contributed by atoms with E-state index in [1.54, 1.807) is 6.92 Å². The van der Waals surface area contributed by atoms with Gasteiger partial charge >= 0.3 is 0 Å². The average Bonchev–Trinajstić information content (AvgIpc) is 3.40. The summed E-state index contributed by atoms with van der Waals surface area (Å²) in [4.78, 5) is 33.1. The molecule has 2 N–H and O–H groups in total. The highest BCUT2D eigenvalue weighted by molar-refractivity contribution is 5.90. The van der Waals surface area contributed by atoms with Crippen LogP contribution in [0.4, 0.5) is 0 Å². The van der Waals surface area contributed by atoms with E-state index in [9.17, 15) is 9.59 Å². The number of imidazole rings is 1. The maximum Gasteiger partial charge on any atom is 0.242 e. The molecule has 2 aliphatic heterocycles. The molecule has 2 aliphatic rings. The zero-order valence-electron chi connectivity index (χ0n) is 23.7. The number of piperidine rings is 1. The minimum absolute atomic E-state index is 0.0152. The van der Waals surface area contributed by atoms with Crippen LogP contribution in [-0.4, -0.2) is 58.5 Å². The summed E-state index contributed by atoms with van der Waals surface area (Å²) < 4.78 is 8.04. The Labute approximate surface area is 237 Å². The molecule has 0 radical (unpaired) electrons. The van der Waals surface area contributed by atoms with Crippen molar-refractivity contribution in [3.8, 4) is 11.4 Å². The van der Waals surface area contributed by atoms with Crippen LogP contribution >= 0.6 is 0 Å². The van der Waals surface area contributed by atoms with Crippen molar-refractivity contribution in [1.29, 1.82) is 0 Å². The Hall–Kier alpha value is -3.65. The molecule has 8 nitrogen and oxygen atoms in total. The van der Waals surface area contributed by atoms with Gasteiger partial charge in [-0.05, 0) is 88.4 Å². The van der Waals surface area contributed by atoms with Gasteiger partial charge in [0.05, 0.1) is 12.0 Å². The van der Waals surface area contributed by atoms with E-state index in [4.69, 9.17) is 4.74 Å². The van der Waals surface area contributed by atoms with Crippen LogP contribution in [0.25, 0.3) is 5.69 Å². The number of amides is 2. The number of ether oxygens (including phenoxy) is 1. The third-order valence-corrected chi connectivity index (χ3v) is 8.47. The van der Waals surface area contributed by atoms with Gasteiger partial charge < -0.3 is 19.9 Å². The Balaban J connectivity index is 1.24. The number of para-hydroxylation sites is 1. The maximum absolute atomic E-state index is 13.7. The number of likely N-dealkylation sites (tertiary alicyclic amines) is 1. The first-order chi connectivity index (χ1) is 19.4. The molecule has 40 heavy (non-hydrogen) atoms. The quantitative estimate of drug-likeness (QED) is 0.517. The van der Waals surface area contributed by atoms with E-state index >= 15 is 0 Å². The molecule has 1 fully saturated rings. The lowest BCUT2D eigenvalue weighted by Crippen LogP contribution is -2.53. The highest BCUT2D eigenvalue weighted by atomic mass is 16.5. The van der Waals surface area contributed by atoms with Gasteiger partial charge in [0.25, 0.3) is 0 Å². The van der Waals surface area contributed by atoms with Gasteiger partial charge in [-0.3, -0.25) is 14.5 Å². The summed E-state index contributed by atoms with van der Waals surface area (Å²) >= 11 is 0. The number of aromatic nitrogens is 2. The third-order valence-electron chi connectivity index (χ3n) is 8.47. The summed E-state index contributed by atoms with van der Waals surface area (Å²) in [5.41, 5.74) is 3.09. The Morgan fingerprint density at radius 2 is 1.80 bits per heavy atom. The lowest BCUT2D eigenvalue weighted by atomic mass is 9.73. The highest BCUT2D eigenvalue weighted by Crippen LogP contribution is 2.38. The summed E-state index contributed by atoms with van der Waals surface area (Å²) in [7, 11) is 0. The summed E-state index contributed by atoms with van der Waals surface area (Å²) in [6.07, 6.45) is 9.06. The number of fused-ring (bicyclic) bond motifs is 1. The molecule has 1 saturated heterocycles. The van der Waals surface area contributed by atoms with Gasteiger partial charge in [0.1, 0.15) is 24.2 Å². The fourth-order valence-electron chi connectivity index (χ4n) is 5.93. The fourth-order valence-corrected chi connectivity index (χ4v) is 5.93. The Morgan fingerprint density at radius 1 is 1.02 bits per heavy atom. The molecule has 8 heteroatoms. The van der Waals surface area contributed by atoms with Crippen LogP contribution in [0, 0.1) is 12.3 Å². The second-order valence-corrected chi connectivity index (χ2v) is 11.2. The minimum Gasteiger partial charge on any atom is -0.491 e. The molecule has 0 unspecified atom stereocenters. The van der Waals surface area contributed by atoms with E-state index in [1.165, 1.54) is 11.1 Å². The number of hydrogen-bond donors (Lipinski definition) is 2. The molecule has 0 aliphatic carbocycles. The smallest absolute Gasteiger partial charge is 0.242 e. The Morgan fingerprint density at radius 3 is 2.55 bits per heavy atom. The van der Waals surface area contributed by atoms with E-state index < -0.39 is 11.5 Å². The van der Waals surface area contributed by atoms with Crippen LogP contribution in [0.1, 0.15) is 56.0 Å². The lowest BCUT2D eigenvalue weighted by molar-refractivity contribution is -0.138. The third kappa shape index (κ3) is 6.55. The SMILES string of the molecule is Cc1nccn1-c1ccc(CN2CCC3(CCCCc4ccccc4OCCNC(=O)[C@H](C)NC3=O)CC2)cc1. The second-order valence-electron chi connectivity index (χ2n) is 11.2. The largest absolute Gasteiger partial charge is 0.491 e. The molecule has 1 spiro atoms. The zero-order valence-corrected chi connectivity index (χ0v) is 23.7. The average molecular weight is 544 g/mol. The van der Waals surface area contributed by atoms with Crippen LogP contribution in [0.5, 0.6) is 5.75 Å². The van der Waals surface area contributed by atoms with E-state index in [1.807, 2.05) is 37.5 Å². The molecule has 2 amide bonds. The van der Waals surface area contributed by atoms with Gasteiger partial charge in [-0.25, -0.2) is 4.98 Å². The topological polar surface area (TPSA) is 88.5 Å². The monoisotopic (exact) mass is 543 g/mol. The molecule has 5 rings (SSSR count). The number of carbonyl (C=O) groups excluding carboxylic acids is 2. The first-order valence-electron chi connectivity index (χ1n) is 14.5. The molecule has 212 valence electrons. The van der Waals surface area contributed by atoms with Gasteiger partial charge in [0.2, 0.25) is 11.8 Å². The van der Waals surface area contributed by atoms with Crippen molar-refractivity contribution in [3.05, 3.63) is 77.9 Å². The molecule has 2 aromatic carbocycles. The van der Waals surface area contributed by atoms with Crippen LogP contribution in [0.3, 0.4) is 0 Å². The lowest BCUT2D eigenvalue weighted by Gasteiger charge is -2.41. The number of nitrogens with one attached hydrogen (secondary N) is 2. The van der Waals surface area contributed by atoms with Gasteiger partial charge in [0.15, 0.2) is 0 Å². The molecule has 0 bridgehead atoms.